The van der Waals surface area contributed by atoms with Gasteiger partial charge >= 0.3 is 5.97 Å². The van der Waals surface area contributed by atoms with E-state index >= 15 is 0 Å². The van der Waals surface area contributed by atoms with Gasteiger partial charge in [0.15, 0.2) is 0 Å². The highest BCUT2D eigenvalue weighted by Gasteiger charge is 2.18. The minimum absolute atomic E-state index is 0.0793. The minimum atomic E-state index is -0.898. The number of carboxylic acids is 1. The molecular weight excluding hydrogens is 338 g/mol. The first-order valence-electron chi connectivity index (χ1n) is 7.78. The van der Waals surface area contributed by atoms with E-state index in [2.05, 4.69) is 27.2 Å². The van der Waals surface area contributed by atoms with E-state index in [0.29, 0.717) is 10.9 Å². The molecule has 0 aliphatic heterocycles. The van der Waals surface area contributed by atoms with Crippen molar-refractivity contribution in [3.05, 3.63) is 47.2 Å². The van der Waals surface area contributed by atoms with Crippen molar-refractivity contribution < 1.29 is 9.90 Å². The molecule has 2 heterocycles. The van der Waals surface area contributed by atoms with Crippen LogP contribution in [0, 0.1) is 6.92 Å². The van der Waals surface area contributed by atoms with Crippen molar-refractivity contribution >= 4 is 29.3 Å². The Morgan fingerprint density at radius 1 is 1.24 bits per heavy atom. The number of thioether (sulfide) groups is 1. The minimum Gasteiger partial charge on any atom is -0.481 e. The average Bonchev–Trinajstić information content (AvgIpc) is 2.96. The van der Waals surface area contributed by atoms with Crippen LogP contribution in [0.25, 0.3) is 5.78 Å². The molecule has 8 heteroatoms. The zero-order chi connectivity index (χ0) is 18.0. The second-order valence-electron chi connectivity index (χ2n) is 5.84. The Hall–Kier alpha value is -2.61. The van der Waals surface area contributed by atoms with Crippen LogP contribution < -0.4 is 4.90 Å². The van der Waals surface area contributed by atoms with Gasteiger partial charge in [0.1, 0.15) is 5.82 Å². The molecule has 2 aromatic heterocycles. The molecule has 1 aromatic carbocycles. The number of hydrogen-bond acceptors (Lipinski definition) is 6. The first-order chi connectivity index (χ1) is 12.0. The van der Waals surface area contributed by atoms with E-state index in [-0.39, 0.29) is 5.75 Å². The van der Waals surface area contributed by atoms with E-state index in [9.17, 15) is 4.79 Å². The first-order valence-corrected chi connectivity index (χ1v) is 8.76. The van der Waals surface area contributed by atoms with E-state index in [1.807, 2.05) is 44.1 Å². The summed E-state index contributed by atoms with van der Waals surface area (Å²) in [6, 6.07) is 10.2. The molecule has 0 saturated carbocycles. The summed E-state index contributed by atoms with van der Waals surface area (Å²) in [5.41, 5.74) is 3.15. The van der Waals surface area contributed by atoms with Crippen molar-refractivity contribution in [1.82, 2.24) is 19.6 Å². The lowest BCUT2D eigenvalue weighted by Gasteiger charge is -2.19. The van der Waals surface area contributed by atoms with Crippen LogP contribution in [-0.4, -0.2) is 50.5 Å². The summed E-state index contributed by atoms with van der Waals surface area (Å²) in [5.74, 6) is 0.404. The molecule has 3 aromatic rings. The predicted octanol–water partition coefficient (Wildman–Crippen LogP) is 2.27. The summed E-state index contributed by atoms with van der Waals surface area (Å²) < 4.78 is 1.69. The van der Waals surface area contributed by atoms with Crippen molar-refractivity contribution in [1.29, 1.82) is 0 Å². The molecule has 0 bridgehead atoms. The summed E-state index contributed by atoms with van der Waals surface area (Å²) in [7, 11) is 3.91. The Labute approximate surface area is 149 Å². The maximum atomic E-state index is 10.8. The van der Waals surface area contributed by atoms with Crippen LogP contribution in [0.15, 0.2) is 35.5 Å². The molecule has 1 N–H and O–H groups in total. The van der Waals surface area contributed by atoms with Gasteiger partial charge in [0, 0.05) is 31.8 Å². The molecule has 0 amide bonds. The summed E-state index contributed by atoms with van der Waals surface area (Å²) >= 11 is 1.09. The number of aliphatic carboxylic acids is 1. The fraction of sp³-hybridized carbons (Fsp3) is 0.294. The summed E-state index contributed by atoms with van der Waals surface area (Å²) in [6.07, 6.45) is 0.737. The van der Waals surface area contributed by atoms with E-state index in [4.69, 9.17) is 5.11 Å². The average molecular weight is 357 g/mol. The van der Waals surface area contributed by atoms with Crippen LogP contribution in [0.5, 0.6) is 0 Å². The first kappa shape index (κ1) is 17.2. The van der Waals surface area contributed by atoms with E-state index < -0.39 is 5.97 Å². The van der Waals surface area contributed by atoms with Gasteiger partial charge in [-0.25, -0.2) is 4.98 Å². The number of benzene rings is 1. The highest BCUT2D eigenvalue weighted by molar-refractivity contribution is 7.99. The van der Waals surface area contributed by atoms with Crippen LogP contribution in [0.4, 0.5) is 5.82 Å². The molecule has 0 fully saturated rings. The smallest absolute Gasteiger partial charge is 0.313 e. The lowest BCUT2D eigenvalue weighted by molar-refractivity contribution is -0.133. The van der Waals surface area contributed by atoms with Crippen molar-refractivity contribution in [3.63, 3.8) is 0 Å². The predicted molar refractivity (Wildman–Crippen MR) is 97.5 cm³/mol. The Balaban J connectivity index is 2.08. The fourth-order valence-corrected chi connectivity index (χ4v) is 3.20. The molecule has 0 atom stereocenters. The summed E-state index contributed by atoms with van der Waals surface area (Å²) in [6.45, 7) is 1.96. The maximum absolute atomic E-state index is 10.8. The molecule has 130 valence electrons. The number of rotatable bonds is 6. The van der Waals surface area contributed by atoms with Crippen LogP contribution >= 0.6 is 11.8 Å². The Morgan fingerprint density at radius 2 is 1.96 bits per heavy atom. The van der Waals surface area contributed by atoms with Gasteiger partial charge in [0.2, 0.25) is 5.16 Å². The Morgan fingerprint density at radius 3 is 2.60 bits per heavy atom. The molecule has 0 radical (unpaired) electrons. The summed E-state index contributed by atoms with van der Waals surface area (Å²) in [5, 5.41) is 13.7. The van der Waals surface area contributed by atoms with Crippen molar-refractivity contribution in [2.24, 2.45) is 0 Å². The lowest BCUT2D eigenvalue weighted by atomic mass is 10.0. The largest absolute Gasteiger partial charge is 0.481 e. The standard InChI is InChI=1S/C17H19N5O2S/c1-11-13(9-12-7-5-4-6-8-12)15(21(2)3)22-16(18-11)19-17(20-22)25-10-14(23)24/h4-8H,9-10H2,1-3H3,(H,23,24). The maximum Gasteiger partial charge on any atom is 0.313 e. The van der Waals surface area contributed by atoms with Gasteiger partial charge in [-0.05, 0) is 12.5 Å². The number of carboxylic acid groups (broad SMARTS) is 1. The third-order valence-electron chi connectivity index (χ3n) is 3.72. The normalized spacial score (nSPS) is 11.0. The SMILES string of the molecule is Cc1nc2nc(SCC(=O)O)nn2c(N(C)C)c1Cc1ccccc1. The van der Waals surface area contributed by atoms with Gasteiger partial charge in [-0.15, -0.1) is 5.10 Å². The number of aromatic nitrogens is 4. The van der Waals surface area contributed by atoms with Crippen molar-refractivity contribution in [2.75, 3.05) is 24.7 Å². The highest BCUT2D eigenvalue weighted by Crippen LogP contribution is 2.26. The van der Waals surface area contributed by atoms with Crippen LogP contribution in [0.1, 0.15) is 16.8 Å². The second kappa shape index (κ2) is 7.10. The molecule has 0 unspecified atom stereocenters. The lowest BCUT2D eigenvalue weighted by Crippen LogP contribution is -2.18. The monoisotopic (exact) mass is 357 g/mol. The highest BCUT2D eigenvalue weighted by atomic mass is 32.2. The van der Waals surface area contributed by atoms with E-state index in [0.717, 1.165) is 35.3 Å². The van der Waals surface area contributed by atoms with Gasteiger partial charge in [0.25, 0.3) is 5.78 Å². The molecule has 3 rings (SSSR count). The van der Waals surface area contributed by atoms with Crippen LogP contribution in [0.3, 0.4) is 0 Å². The number of aryl methyl sites for hydroxylation is 1. The van der Waals surface area contributed by atoms with Gasteiger partial charge < -0.3 is 10.0 Å². The molecular formula is C17H19N5O2S. The Bertz CT molecular complexity index is 908. The fourth-order valence-electron chi connectivity index (χ4n) is 2.66. The third-order valence-corrected chi connectivity index (χ3v) is 4.54. The number of nitrogens with zero attached hydrogens (tertiary/aromatic N) is 5. The number of fused-ring (bicyclic) bond motifs is 1. The zero-order valence-corrected chi connectivity index (χ0v) is 15.1. The molecule has 0 spiro atoms. The quantitative estimate of drug-likeness (QED) is 0.678. The number of hydrogen-bond donors (Lipinski definition) is 1. The number of anilines is 1. The topological polar surface area (TPSA) is 83.6 Å². The van der Waals surface area contributed by atoms with Crippen molar-refractivity contribution in [2.45, 2.75) is 18.5 Å². The van der Waals surface area contributed by atoms with Gasteiger partial charge in [-0.2, -0.15) is 9.50 Å². The Kier molecular flexibility index (Phi) is 4.89. The van der Waals surface area contributed by atoms with Crippen LogP contribution in [0.2, 0.25) is 0 Å². The van der Waals surface area contributed by atoms with E-state index in [1.165, 1.54) is 5.56 Å². The third kappa shape index (κ3) is 3.74. The van der Waals surface area contributed by atoms with Gasteiger partial charge in [-0.3, -0.25) is 4.79 Å². The molecule has 25 heavy (non-hydrogen) atoms. The molecule has 0 saturated heterocycles. The van der Waals surface area contributed by atoms with E-state index in [1.54, 1.807) is 4.52 Å². The number of carbonyl (C=O) groups is 1. The van der Waals surface area contributed by atoms with Gasteiger partial charge in [0.05, 0.1) is 5.75 Å². The van der Waals surface area contributed by atoms with Crippen molar-refractivity contribution in [3.8, 4) is 0 Å². The molecule has 0 aliphatic carbocycles. The summed E-state index contributed by atoms with van der Waals surface area (Å²) in [4.78, 5) is 21.7. The zero-order valence-electron chi connectivity index (χ0n) is 14.3. The molecule has 0 aliphatic rings. The van der Waals surface area contributed by atoms with Gasteiger partial charge in [-0.1, -0.05) is 42.1 Å². The molecule has 7 nitrogen and oxygen atoms in total. The second-order valence-corrected chi connectivity index (χ2v) is 6.79. The van der Waals surface area contributed by atoms with Crippen LogP contribution in [-0.2, 0) is 11.2 Å².